The van der Waals surface area contributed by atoms with E-state index in [-0.39, 0.29) is 0 Å². The summed E-state index contributed by atoms with van der Waals surface area (Å²) in [6.07, 6.45) is 3.72. The van der Waals surface area contributed by atoms with Gasteiger partial charge in [0.15, 0.2) is 5.82 Å². The van der Waals surface area contributed by atoms with E-state index >= 15 is 0 Å². The smallest absolute Gasteiger partial charge is 0.164 e. The molecule has 3 heterocycles. The van der Waals surface area contributed by atoms with Gasteiger partial charge in [0.25, 0.3) is 0 Å². The number of pyridine rings is 1. The normalized spacial score (nSPS) is 14.7. The van der Waals surface area contributed by atoms with Gasteiger partial charge < -0.3 is 4.57 Å². The second kappa shape index (κ2) is 6.10. The molecule has 1 aliphatic heterocycles. The number of hydrogen-bond donors (Lipinski definition) is 0. The fourth-order valence-electron chi connectivity index (χ4n) is 2.91. The summed E-state index contributed by atoms with van der Waals surface area (Å²) in [5.41, 5.74) is 2.27. The number of hydrogen-bond acceptors (Lipinski definition) is 4. The Morgan fingerprint density at radius 3 is 2.70 bits per heavy atom. The van der Waals surface area contributed by atoms with E-state index in [2.05, 4.69) is 30.7 Å². The minimum absolute atomic E-state index is 0.731. The Bertz CT molecular complexity index is 798. The average molecular weight is 326 g/mol. The fourth-order valence-corrected chi connectivity index (χ4v) is 3.03. The van der Waals surface area contributed by atoms with Crippen LogP contribution in [0.2, 0.25) is 5.02 Å². The molecule has 3 aromatic rings. The fraction of sp³-hybridized carbons (Fsp3) is 0.235. The molecule has 1 aromatic carbocycles. The number of rotatable bonds is 3. The van der Waals surface area contributed by atoms with Crippen LogP contribution in [-0.4, -0.2) is 31.2 Å². The van der Waals surface area contributed by atoms with Gasteiger partial charge in [0.05, 0.1) is 6.54 Å². The predicted octanol–water partition coefficient (Wildman–Crippen LogP) is 3.01. The van der Waals surface area contributed by atoms with E-state index < -0.39 is 0 Å². The summed E-state index contributed by atoms with van der Waals surface area (Å²) < 4.78 is 2.20. The molecule has 0 N–H and O–H groups in total. The first-order valence-corrected chi connectivity index (χ1v) is 7.97. The average Bonchev–Trinajstić information content (AvgIpc) is 3.00. The minimum atomic E-state index is 0.731. The summed E-state index contributed by atoms with van der Waals surface area (Å²) in [7, 11) is 0. The van der Waals surface area contributed by atoms with Gasteiger partial charge in [-0.05, 0) is 35.9 Å². The third kappa shape index (κ3) is 2.98. The minimum Gasteiger partial charge on any atom is -0.309 e. The van der Waals surface area contributed by atoms with E-state index in [0.29, 0.717) is 0 Å². The Morgan fingerprint density at radius 2 is 1.91 bits per heavy atom. The Morgan fingerprint density at radius 1 is 1.04 bits per heavy atom. The van der Waals surface area contributed by atoms with Crippen molar-refractivity contribution in [3.05, 3.63) is 65.2 Å². The molecule has 0 amide bonds. The number of halogens is 1. The van der Waals surface area contributed by atoms with Crippen molar-refractivity contribution in [2.75, 3.05) is 6.54 Å². The Balaban J connectivity index is 1.54. The maximum Gasteiger partial charge on any atom is 0.164 e. The molecule has 4 rings (SSSR count). The Kier molecular flexibility index (Phi) is 3.81. The maximum absolute atomic E-state index is 5.96. The highest BCUT2D eigenvalue weighted by Gasteiger charge is 2.21. The lowest BCUT2D eigenvalue weighted by Crippen LogP contribution is -2.33. The first kappa shape index (κ1) is 14.4. The van der Waals surface area contributed by atoms with Gasteiger partial charge in [-0.25, -0.2) is 0 Å². The van der Waals surface area contributed by atoms with Gasteiger partial charge >= 0.3 is 0 Å². The van der Waals surface area contributed by atoms with E-state index in [0.717, 1.165) is 48.4 Å². The van der Waals surface area contributed by atoms with E-state index in [1.54, 1.807) is 6.20 Å². The molecule has 0 aliphatic carbocycles. The number of aromatic nitrogens is 4. The summed E-state index contributed by atoms with van der Waals surface area (Å²) in [6.45, 7) is 3.55. The lowest BCUT2D eigenvalue weighted by molar-refractivity contribution is 0.209. The molecular formula is C17H16ClN5. The van der Waals surface area contributed by atoms with Gasteiger partial charge in [0, 0.05) is 42.6 Å². The molecular weight excluding hydrogens is 310 g/mol. The molecule has 0 saturated carbocycles. The largest absolute Gasteiger partial charge is 0.309 e. The second-order valence-corrected chi connectivity index (χ2v) is 6.11. The molecule has 0 fully saturated rings. The van der Waals surface area contributed by atoms with Crippen LogP contribution in [0, 0.1) is 0 Å². The SMILES string of the molecule is Clc1ccc(-c2nnc3n2CCN(Cc2cccnc2)C3)cc1. The molecule has 0 radical (unpaired) electrons. The quantitative estimate of drug-likeness (QED) is 0.742. The number of benzene rings is 1. The van der Waals surface area contributed by atoms with Crippen molar-refractivity contribution in [3.8, 4) is 11.4 Å². The zero-order chi connectivity index (χ0) is 15.6. The van der Waals surface area contributed by atoms with Gasteiger partial charge in [-0.1, -0.05) is 17.7 Å². The Labute approximate surface area is 139 Å². The zero-order valence-electron chi connectivity index (χ0n) is 12.6. The summed E-state index contributed by atoms with van der Waals surface area (Å²) >= 11 is 5.96. The van der Waals surface area contributed by atoms with Crippen LogP contribution in [-0.2, 0) is 19.6 Å². The lowest BCUT2D eigenvalue weighted by Gasteiger charge is -2.27. The van der Waals surface area contributed by atoms with E-state index in [1.807, 2.05) is 36.5 Å². The molecule has 6 heteroatoms. The van der Waals surface area contributed by atoms with E-state index in [4.69, 9.17) is 11.6 Å². The summed E-state index contributed by atoms with van der Waals surface area (Å²) in [5, 5.41) is 9.47. The molecule has 0 spiro atoms. The van der Waals surface area contributed by atoms with Crippen LogP contribution in [0.4, 0.5) is 0 Å². The first-order valence-electron chi connectivity index (χ1n) is 7.59. The van der Waals surface area contributed by atoms with Crippen molar-refractivity contribution in [1.29, 1.82) is 0 Å². The van der Waals surface area contributed by atoms with Crippen LogP contribution in [0.15, 0.2) is 48.8 Å². The summed E-state index contributed by atoms with van der Waals surface area (Å²) in [5.74, 6) is 1.92. The predicted molar refractivity (Wildman–Crippen MR) is 88.8 cm³/mol. The van der Waals surface area contributed by atoms with Crippen molar-refractivity contribution >= 4 is 11.6 Å². The van der Waals surface area contributed by atoms with Crippen molar-refractivity contribution in [1.82, 2.24) is 24.6 Å². The molecule has 23 heavy (non-hydrogen) atoms. The lowest BCUT2D eigenvalue weighted by atomic mass is 10.2. The van der Waals surface area contributed by atoms with Crippen molar-refractivity contribution < 1.29 is 0 Å². The monoisotopic (exact) mass is 325 g/mol. The maximum atomic E-state index is 5.96. The van der Waals surface area contributed by atoms with Crippen LogP contribution in [0.25, 0.3) is 11.4 Å². The van der Waals surface area contributed by atoms with Crippen molar-refractivity contribution in [2.24, 2.45) is 0 Å². The van der Waals surface area contributed by atoms with Gasteiger partial charge in [0.2, 0.25) is 0 Å². The first-order chi connectivity index (χ1) is 11.3. The highest BCUT2D eigenvalue weighted by Crippen LogP contribution is 2.23. The second-order valence-electron chi connectivity index (χ2n) is 5.67. The van der Waals surface area contributed by atoms with E-state index in [1.165, 1.54) is 5.56 Å². The van der Waals surface area contributed by atoms with Crippen LogP contribution >= 0.6 is 11.6 Å². The van der Waals surface area contributed by atoms with Crippen LogP contribution < -0.4 is 0 Å². The molecule has 0 unspecified atom stereocenters. The molecule has 0 atom stereocenters. The van der Waals surface area contributed by atoms with Crippen LogP contribution in [0.3, 0.4) is 0 Å². The standard InChI is InChI=1S/C17H16ClN5/c18-15-5-3-14(4-6-15)17-21-20-16-12-22(8-9-23(16)17)11-13-2-1-7-19-10-13/h1-7,10H,8-9,11-12H2. The van der Waals surface area contributed by atoms with Gasteiger partial charge in [-0.2, -0.15) is 0 Å². The molecule has 0 saturated heterocycles. The topological polar surface area (TPSA) is 46.8 Å². The van der Waals surface area contributed by atoms with Gasteiger partial charge in [-0.3, -0.25) is 9.88 Å². The molecule has 116 valence electrons. The highest BCUT2D eigenvalue weighted by atomic mass is 35.5. The molecule has 1 aliphatic rings. The van der Waals surface area contributed by atoms with Crippen molar-refractivity contribution in [2.45, 2.75) is 19.6 Å². The van der Waals surface area contributed by atoms with Crippen molar-refractivity contribution in [3.63, 3.8) is 0 Å². The molecule has 0 bridgehead atoms. The number of nitrogens with zero attached hydrogens (tertiary/aromatic N) is 5. The molecule has 5 nitrogen and oxygen atoms in total. The zero-order valence-corrected chi connectivity index (χ0v) is 13.3. The van der Waals surface area contributed by atoms with Gasteiger partial charge in [0.1, 0.15) is 5.82 Å². The third-order valence-electron chi connectivity index (χ3n) is 4.06. The summed E-state index contributed by atoms with van der Waals surface area (Å²) in [6, 6.07) is 11.8. The van der Waals surface area contributed by atoms with Crippen LogP contribution in [0.1, 0.15) is 11.4 Å². The number of fused-ring (bicyclic) bond motifs is 1. The van der Waals surface area contributed by atoms with Gasteiger partial charge in [-0.15, -0.1) is 10.2 Å². The highest BCUT2D eigenvalue weighted by molar-refractivity contribution is 6.30. The summed E-state index contributed by atoms with van der Waals surface area (Å²) in [4.78, 5) is 6.54. The Hall–Kier alpha value is -2.24. The van der Waals surface area contributed by atoms with E-state index in [9.17, 15) is 0 Å². The molecule has 2 aromatic heterocycles. The van der Waals surface area contributed by atoms with Crippen LogP contribution in [0.5, 0.6) is 0 Å². The third-order valence-corrected chi connectivity index (χ3v) is 4.32.